The van der Waals surface area contributed by atoms with Gasteiger partial charge in [-0.15, -0.1) is 0 Å². The summed E-state index contributed by atoms with van der Waals surface area (Å²) < 4.78 is 15.9. The van der Waals surface area contributed by atoms with Crippen molar-refractivity contribution in [2.75, 3.05) is 34.0 Å². The lowest BCUT2D eigenvalue weighted by Crippen LogP contribution is -2.52. The van der Waals surface area contributed by atoms with E-state index in [0.717, 1.165) is 22.3 Å². The van der Waals surface area contributed by atoms with Gasteiger partial charge in [0.05, 0.1) is 6.10 Å². The minimum absolute atomic E-state index is 0.109. The van der Waals surface area contributed by atoms with Crippen molar-refractivity contribution in [2.24, 2.45) is 0 Å². The number of carboxylic acid groups (broad SMARTS) is 1. The van der Waals surface area contributed by atoms with Crippen molar-refractivity contribution in [3.63, 3.8) is 0 Å². The van der Waals surface area contributed by atoms with Gasteiger partial charge in [0, 0.05) is 46.1 Å². The maximum Gasteiger partial charge on any atom is 0.407 e. The number of carbonyl (C=O) groups excluding carboxylic acids is 2. The van der Waals surface area contributed by atoms with E-state index in [1.807, 2.05) is 36.4 Å². The number of amides is 2. The second-order valence-electron chi connectivity index (χ2n) is 8.74. The third-order valence-electron chi connectivity index (χ3n) is 6.71. The summed E-state index contributed by atoms with van der Waals surface area (Å²) >= 11 is 0. The summed E-state index contributed by atoms with van der Waals surface area (Å²) in [5.41, 5.74) is 4.40. The number of hydrogen-bond donors (Lipinski definition) is 2. The average Bonchev–Trinajstić information content (AvgIpc) is 3.45. The van der Waals surface area contributed by atoms with Crippen LogP contribution >= 0.6 is 0 Å². The van der Waals surface area contributed by atoms with Gasteiger partial charge in [0.15, 0.2) is 0 Å². The molecule has 1 fully saturated rings. The number of ether oxygens (including phenoxy) is 3. The van der Waals surface area contributed by atoms with Gasteiger partial charge in [-0.25, -0.2) is 9.59 Å². The van der Waals surface area contributed by atoms with E-state index in [1.54, 1.807) is 0 Å². The predicted octanol–water partition coefficient (Wildman–Crippen LogP) is 2.63. The Bertz CT molecular complexity index is 1040. The summed E-state index contributed by atoms with van der Waals surface area (Å²) in [5, 5.41) is 12.2. The molecule has 2 aliphatic rings. The molecule has 0 bridgehead atoms. The molecule has 9 nitrogen and oxygen atoms in total. The zero-order valence-electron chi connectivity index (χ0n) is 19.8. The molecule has 3 unspecified atom stereocenters. The minimum atomic E-state index is -1.11. The fraction of sp³-hybridized carbons (Fsp3) is 0.423. The minimum Gasteiger partial charge on any atom is -0.480 e. The molecule has 1 aliphatic heterocycles. The Morgan fingerprint density at radius 3 is 2.26 bits per heavy atom. The smallest absolute Gasteiger partial charge is 0.407 e. The van der Waals surface area contributed by atoms with Gasteiger partial charge in [0.1, 0.15) is 18.7 Å². The third kappa shape index (κ3) is 5.16. The quantitative estimate of drug-likeness (QED) is 0.565. The van der Waals surface area contributed by atoms with Crippen molar-refractivity contribution in [3.05, 3.63) is 59.7 Å². The number of benzene rings is 2. The van der Waals surface area contributed by atoms with Crippen molar-refractivity contribution in [1.29, 1.82) is 0 Å². The monoisotopic (exact) mass is 482 g/mol. The highest BCUT2D eigenvalue weighted by atomic mass is 16.5. The molecule has 4 rings (SSSR count). The molecule has 1 heterocycles. The fourth-order valence-corrected chi connectivity index (χ4v) is 4.92. The van der Waals surface area contributed by atoms with Crippen LogP contribution in [-0.4, -0.2) is 80.1 Å². The van der Waals surface area contributed by atoms with Crippen molar-refractivity contribution in [3.8, 4) is 11.1 Å². The average molecular weight is 483 g/mol. The first-order chi connectivity index (χ1) is 16.9. The van der Waals surface area contributed by atoms with Gasteiger partial charge < -0.3 is 29.5 Å². The molecule has 0 radical (unpaired) electrons. The van der Waals surface area contributed by atoms with E-state index in [9.17, 15) is 19.5 Å². The molecule has 2 amide bonds. The van der Waals surface area contributed by atoms with Crippen LogP contribution in [0.1, 0.15) is 29.9 Å². The van der Waals surface area contributed by atoms with Crippen LogP contribution in [0.4, 0.5) is 4.79 Å². The maximum atomic E-state index is 13.2. The van der Waals surface area contributed by atoms with Crippen LogP contribution in [0.5, 0.6) is 0 Å². The topological polar surface area (TPSA) is 114 Å². The highest BCUT2D eigenvalue weighted by Gasteiger charge is 2.42. The number of carboxylic acids is 1. The number of rotatable bonds is 9. The number of likely N-dealkylation sites (tertiary alicyclic amines) is 1. The molecule has 1 aliphatic carbocycles. The normalized spacial score (nSPS) is 19.7. The lowest BCUT2D eigenvalue weighted by Gasteiger charge is -2.27. The molecule has 2 aromatic carbocycles. The summed E-state index contributed by atoms with van der Waals surface area (Å²) in [6, 6.07) is 14.0. The molecular formula is C26H30N2O7. The fourth-order valence-electron chi connectivity index (χ4n) is 4.92. The first kappa shape index (κ1) is 24.7. The molecule has 0 saturated carbocycles. The summed E-state index contributed by atoms with van der Waals surface area (Å²) in [5.74, 6) is -1.72. The number of aliphatic carboxylic acids is 1. The number of carbonyl (C=O) groups is 3. The van der Waals surface area contributed by atoms with Crippen molar-refractivity contribution in [1.82, 2.24) is 10.2 Å². The van der Waals surface area contributed by atoms with Crippen molar-refractivity contribution < 1.29 is 33.7 Å². The van der Waals surface area contributed by atoms with Gasteiger partial charge >= 0.3 is 12.1 Å². The van der Waals surface area contributed by atoms with Crippen LogP contribution in [0.3, 0.4) is 0 Å². The van der Waals surface area contributed by atoms with Gasteiger partial charge in [-0.05, 0) is 22.3 Å². The van der Waals surface area contributed by atoms with Crippen molar-refractivity contribution in [2.45, 2.75) is 36.9 Å². The van der Waals surface area contributed by atoms with Crippen LogP contribution in [0, 0.1) is 0 Å². The van der Waals surface area contributed by atoms with E-state index in [2.05, 4.69) is 17.4 Å². The molecule has 0 spiro atoms. The first-order valence-electron chi connectivity index (χ1n) is 11.6. The lowest BCUT2D eigenvalue weighted by atomic mass is 9.98. The summed E-state index contributed by atoms with van der Waals surface area (Å²) in [6.07, 6.45) is -0.743. The molecule has 3 atom stereocenters. The van der Waals surface area contributed by atoms with E-state index in [4.69, 9.17) is 14.2 Å². The molecule has 1 saturated heterocycles. The van der Waals surface area contributed by atoms with Gasteiger partial charge in [0.25, 0.3) is 0 Å². The highest BCUT2D eigenvalue weighted by Crippen LogP contribution is 2.44. The maximum absolute atomic E-state index is 13.2. The predicted molar refractivity (Wildman–Crippen MR) is 127 cm³/mol. The molecule has 2 N–H and O–H groups in total. The number of nitrogens with zero attached hydrogens (tertiary/aromatic N) is 1. The Morgan fingerprint density at radius 1 is 1.06 bits per heavy atom. The molecule has 35 heavy (non-hydrogen) atoms. The van der Waals surface area contributed by atoms with Crippen LogP contribution < -0.4 is 5.32 Å². The van der Waals surface area contributed by atoms with Gasteiger partial charge in [-0.1, -0.05) is 48.5 Å². The molecule has 186 valence electrons. The summed E-state index contributed by atoms with van der Waals surface area (Å²) in [4.78, 5) is 39.0. The Hall–Kier alpha value is -3.43. The number of hydrogen-bond acceptors (Lipinski definition) is 6. The second-order valence-corrected chi connectivity index (χ2v) is 8.74. The Morgan fingerprint density at radius 2 is 1.69 bits per heavy atom. The van der Waals surface area contributed by atoms with Crippen molar-refractivity contribution >= 4 is 18.0 Å². The van der Waals surface area contributed by atoms with Crippen LogP contribution in [-0.2, 0) is 23.8 Å². The molecule has 2 aromatic rings. The zero-order chi connectivity index (χ0) is 24.9. The SMILES string of the molecule is COCCC(NC(=O)OCC1c2ccccc2-c2ccccc21)C(=O)N1CC(OC)CC1C(=O)O. The van der Waals surface area contributed by atoms with Crippen LogP contribution in [0.15, 0.2) is 48.5 Å². The van der Waals surface area contributed by atoms with E-state index in [0.29, 0.717) is 0 Å². The number of nitrogens with one attached hydrogen (secondary N) is 1. The summed E-state index contributed by atoms with van der Waals surface area (Å²) in [6.45, 7) is 0.458. The summed E-state index contributed by atoms with van der Waals surface area (Å²) in [7, 11) is 2.97. The lowest BCUT2D eigenvalue weighted by molar-refractivity contribution is -0.149. The molecule has 9 heteroatoms. The van der Waals surface area contributed by atoms with Gasteiger partial charge in [-0.2, -0.15) is 0 Å². The first-order valence-corrected chi connectivity index (χ1v) is 11.6. The standard InChI is InChI=1S/C26H30N2O7/c1-33-12-11-22(24(29)28-14-16(34-2)13-23(28)25(30)31)27-26(32)35-15-21-19-9-5-3-7-17(19)18-8-4-6-10-20(18)21/h3-10,16,21-23H,11-15H2,1-2H3,(H,27,32)(H,30,31). The van der Waals surface area contributed by atoms with E-state index >= 15 is 0 Å². The number of fused-ring (bicyclic) bond motifs is 3. The molecular weight excluding hydrogens is 452 g/mol. The van der Waals surface area contributed by atoms with E-state index < -0.39 is 30.1 Å². The van der Waals surface area contributed by atoms with Crippen LogP contribution in [0.25, 0.3) is 11.1 Å². The van der Waals surface area contributed by atoms with Gasteiger partial charge in [-0.3, -0.25) is 4.79 Å². The third-order valence-corrected chi connectivity index (χ3v) is 6.71. The Balaban J connectivity index is 1.44. The zero-order valence-corrected chi connectivity index (χ0v) is 19.8. The molecule has 0 aromatic heterocycles. The number of methoxy groups -OCH3 is 2. The largest absolute Gasteiger partial charge is 0.480 e. The Kier molecular flexibility index (Phi) is 7.67. The van der Waals surface area contributed by atoms with E-state index in [-0.39, 0.29) is 44.6 Å². The highest BCUT2D eigenvalue weighted by molar-refractivity contribution is 5.90. The van der Waals surface area contributed by atoms with Crippen LogP contribution in [0.2, 0.25) is 0 Å². The Labute approximate surface area is 204 Å². The number of alkyl carbamates (subject to hydrolysis) is 1. The second kappa shape index (κ2) is 10.9. The van der Waals surface area contributed by atoms with E-state index in [1.165, 1.54) is 19.1 Å². The van der Waals surface area contributed by atoms with Gasteiger partial charge in [0.2, 0.25) is 5.91 Å².